The van der Waals surface area contributed by atoms with Gasteiger partial charge in [-0.3, -0.25) is 4.79 Å². The third-order valence-corrected chi connectivity index (χ3v) is 3.50. The molecule has 0 fully saturated rings. The first-order valence-electron chi connectivity index (χ1n) is 5.92. The summed E-state index contributed by atoms with van der Waals surface area (Å²) < 4.78 is 0.640. The Morgan fingerprint density at radius 1 is 1.29 bits per heavy atom. The maximum atomic E-state index is 12.2. The molecule has 0 aromatic heterocycles. The number of halogens is 2. The smallest absolute Gasteiger partial charge is 0.203 e. The number of allylic oxidation sites excluding steroid dienone is 1. The lowest BCUT2D eigenvalue weighted by Crippen LogP contribution is -2.01. The van der Waals surface area contributed by atoms with Crippen molar-refractivity contribution < 1.29 is 9.90 Å². The number of phenolic OH excluding ortho intramolecular Hbond substituents is 1. The van der Waals surface area contributed by atoms with Crippen LogP contribution in [0.5, 0.6) is 5.75 Å². The average Bonchev–Trinajstić information content (AvgIpc) is 2.49. The highest BCUT2D eigenvalue weighted by Gasteiger charge is 2.14. The summed E-state index contributed by atoms with van der Waals surface area (Å²) in [5.74, 6) is -0.581. The number of carbonyl (C=O) groups excluding carboxylic acids is 1. The van der Waals surface area contributed by atoms with E-state index in [9.17, 15) is 15.2 Å². The number of aromatic hydroxyl groups is 1. The van der Waals surface area contributed by atoms with Crippen molar-refractivity contribution in [3.8, 4) is 11.8 Å². The van der Waals surface area contributed by atoms with Crippen molar-refractivity contribution in [2.75, 3.05) is 0 Å². The SMILES string of the molecule is N#CC(=Cc1cc(Br)cc(Cl)c1O)C(=O)c1ccccc1. The number of nitrogens with zero attached hydrogens (tertiary/aromatic N) is 1. The van der Waals surface area contributed by atoms with E-state index >= 15 is 0 Å². The third kappa shape index (κ3) is 3.52. The van der Waals surface area contributed by atoms with Crippen LogP contribution in [0.15, 0.2) is 52.5 Å². The normalized spacial score (nSPS) is 11.0. The fourth-order valence-corrected chi connectivity index (χ4v) is 2.58. The second-order valence-corrected chi connectivity index (χ2v) is 5.51. The number of nitriles is 1. The lowest BCUT2D eigenvalue weighted by molar-refractivity contribution is 0.104. The molecule has 2 rings (SSSR count). The Kier molecular flexibility index (Phi) is 4.79. The molecule has 0 aliphatic rings. The number of Topliss-reactive ketones (excluding diaryl/α,β-unsaturated/α-hetero) is 1. The molecule has 21 heavy (non-hydrogen) atoms. The van der Waals surface area contributed by atoms with Gasteiger partial charge in [0.25, 0.3) is 0 Å². The zero-order valence-electron chi connectivity index (χ0n) is 10.7. The van der Waals surface area contributed by atoms with E-state index in [0.717, 1.165) is 0 Å². The van der Waals surface area contributed by atoms with Crippen molar-refractivity contribution in [1.82, 2.24) is 0 Å². The number of phenols is 1. The van der Waals surface area contributed by atoms with E-state index < -0.39 is 5.78 Å². The lowest BCUT2D eigenvalue weighted by atomic mass is 10.0. The van der Waals surface area contributed by atoms with Crippen molar-refractivity contribution >= 4 is 39.4 Å². The number of benzene rings is 2. The minimum absolute atomic E-state index is 0.0781. The molecule has 2 aromatic rings. The number of ketones is 1. The molecule has 3 nitrogen and oxygen atoms in total. The van der Waals surface area contributed by atoms with Gasteiger partial charge < -0.3 is 5.11 Å². The molecule has 0 aliphatic carbocycles. The number of hydrogen-bond donors (Lipinski definition) is 1. The molecule has 0 aliphatic heterocycles. The molecule has 0 spiro atoms. The largest absolute Gasteiger partial charge is 0.506 e. The molecule has 1 N–H and O–H groups in total. The fourth-order valence-electron chi connectivity index (χ4n) is 1.75. The Morgan fingerprint density at radius 2 is 1.95 bits per heavy atom. The molecule has 2 aromatic carbocycles. The highest BCUT2D eigenvalue weighted by molar-refractivity contribution is 9.10. The van der Waals surface area contributed by atoms with Crippen LogP contribution in [0.1, 0.15) is 15.9 Å². The topological polar surface area (TPSA) is 61.1 Å². The van der Waals surface area contributed by atoms with Crippen LogP contribution in [-0.2, 0) is 0 Å². The highest BCUT2D eigenvalue weighted by Crippen LogP contribution is 2.32. The van der Waals surface area contributed by atoms with E-state index in [-0.39, 0.29) is 16.3 Å². The van der Waals surface area contributed by atoms with Crippen LogP contribution < -0.4 is 0 Å². The van der Waals surface area contributed by atoms with Crippen LogP contribution in [0.3, 0.4) is 0 Å². The first-order valence-corrected chi connectivity index (χ1v) is 7.09. The van der Waals surface area contributed by atoms with Crippen LogP contribution in [0.2, 0.25) is 5.02 Å². The molecular formula is C16H9BrClNO2. The summed E-state index contributed by atoms with van der Waals surface area (Å²) in [5, 5.41) is 19.2. The summed E-state index contributed by atoms with van der Waals surface area (Å²) in [6.45, 7) is 0. The van der Waals surface area contributed by atoms with E-state index in [1.54, 1.807) is 36.4 Å². The molecule has 5 heteroatoms. The van der Waals surface area contributed by atoms with Gasteiger partial charge in [-0.25, -0.2) is 0 Å². The molecule has 104 valence electrons. The van der Waals surface area contributed by atoms with Crippen LogP contribution in [0.25, 0.3) is 6.08 Å². The van der Waals surface area contributed by atoms with E-state index in [1.807, 2.05) is 6.07 Å². The minimum atomic E-state index is -0.409. The quantitative estimate of drug-likeness (QED) is 0.493. The zero-order chi connectivity index (χ0) is 15.4. The molecule has 0 unspecified atom stereocenters. The predicted molar refractivity (Wildman–Crippen MR) is 85.2 cm³/mol. The van der Waals surface area contributed by atoms with Crippen molar-refractivity contribution in [2.45, 2.75) is 0 Å². The first-order chi connectivity index (χ1) is 10.0. The van der Waals surface area contributed by atoms with Crippen molar-refractivity contribution in [3.63, 3.8) is 0 Å². The lowest BCUT2D eigenvalue weighted by Gasteiger charge is -2.04. The Bertz CT molecular complexity index is 764. The highest BCUT2D eigenvalue weighted by atomic mass is 79.9. The molecule has 0 saturated carbocycles. The van der Waals surface area contributed by atoms with Gasteiger partial charge in [-0.2, -0.15) is 5.26 Å². The van der Waals surface area contributed by atoms with Crippen LogP contribution >= 0.6 is 27.5 Å². The van der Waals surface area contributed by atoms with Crippen molar-refractivity contribution in [3.05, 3.63) is 68.7 Å². The number of hydrogen-bond acceptors (Lipinski definition) is 3. The first kappa shape index (κ1) is 15.3. The Hall–Kier alpha value is -2.09. The van der Waals surface area contributed by atoms with Gasteiger partial charge in [0.15, 0.2) is 0 Å². The maximum absolute atomic E-state index is 12.2. The van der Waals surface area contributed by atoms with Crippen molar-refractivity contribution in [2.24, 2.45) is 0 Å². The molecule has 0 atom stereocenters. The second-order valence-electron chi connectivity index (χ2n) is 4.19. The van der Waals surface area contributed by atoms with Gasteiger partial charge in [-0.1, -0.05) is 57.9 Å². The van der Waals surface area contributed by atoms with Gasteiger partial charge in [0.2, 0.25) is 5.78 Å². The predicted octanol–water partition coefficient (Wildman–Crippen LogP) is 4.60. The Labute approximate surface area is 135 Å². The Morgan fingerprint density at radius 3 is 2.57 bits per heavy atom. The van der Waals surface area contributed by atoms with Crippen molar-refractivity contribution in [1.29, 1.82) is 5.26 Å². The third-order valence-electron chi connectivity index (χ3n) is 2.76. The molecule has 0 radical (unpaired) electrons. The molecule has 0 amide bonds. The van der Waals surface area contributed by atoms with E-state index in [4.69, 9.17) is 11.6 Å². The minimum Gasteiger partial charge on any atom is -0.506 e. The van der Waals surface area contributed by atoms with Gasteiger partial charge in [-0.15, -0.1) is 0 Å². The van der Waals surface area contributed by atoms with Crippen LogP contribution in [-0.4, -0.2) is 10.9 Å². The molecule has 0 heterocycles. The van der Waals surface area contributed by atoms with Crippen LogP contribution in [0, 0.1) is 11.3 Å². The standard InChI is InChI=1S/C16H9BrClNO2/c17-13-7-11(16(21)14(18)8-13)6-12(9-19)15(20)10-4-2-1-3-5-10/h1-8,21H. The molecule has 0 saturated heterocycles. The van der Waals surface area contributed by atoms with Gasteiger partial charge in [0.1, 0.15) is 17.4 Å². The van der Waals surface area contributed by atoms with E-state index in [2.05, 4.69) is 15.9 Å². The summed E-state index contributed by atoms with van der Waals surface area (Å²) in [5.41, 5.74) is 0.631. The maximum Gasteiger partial charge on any atom is 0.203 e. The van der Waals surface area contributed by atoms with Gasteiger partial charge >= 0.3 is 0 Å². The summed E-state index contributed by atoms with van der Waals surface area (Å²) in [6, 6.07) is 13.4. The molecular weight excluding hydrogens is 354 g/mol. The van der Waals surface area contributed by atoms with Crippen LogP contribution in [0.4, 0.5) is 0 Å². The number of carbonyl (C=O) groups is 1. The molecule has 0 bridgehead atoms. The average molecular weight is 363 g/mol. The van der Waals surface area contributed by atoms with Gasteiger partial charge in [0, 0.05) is 15.6 Å². The number of rotatable bonds is 3. The summed E-state index contributed by atoms with van der Waals surface area (Å²) >= 11 is 9.11. The second kappa shape index (κ2) is 6.57. The summed E-state index contributed by atoms with van der Waals surface area (Å²) in [4.78, 5) is 12.2. The van der Waals surface area contributed by atoms with Gasteiger partial charge in [-0.05, 0) is 18.2 Å². The zero-order valence-corrected chi connectivity index (χ0v) is 13.0. The fraction of sp³-hybridized carbons (Fsp3) is 0. The Balaban J connectivity index is 2.48. The summed E-state index contributed by atoms with van der Waals surface area (Å²) in [7, 11) is 0. The monoisotopic (exact) mass is 361 g/mol. The van der Waals surface area contributed by atoms with E-state index in [1.165, 1.54) is 12.1 Å². The summed E-state index contributed by atoms with van der Waals surface area (Å²) in [6.07, 6.45) is 1.32. The van der Waals surface area contributed by atoms with E-state index in [0.29, 0.717) is 15.6 Å². The van der Waals surface area contributed by atoms with Gasteiger partial charge in [0.05, 0.1) is 5.02 Å².